The van der Waals surface area contributed by atoms with Gasteiger partial charge < -0.3 is 20.4 Å². The van der Waals surface area contributed by atoms with Crippen LogP contribution in [0.3, 0.4) is 0 Å². The molecule has 0 aromatic carbocycles. The summed E-state index contributed by atoms with van der Waals surface area (Å²) in [6.07, 6.45) is 14.1. The fourth-order valence-corrected chi connectivity index (χ4v) is 18.0. The summed E-state index contributed by atoms with van der Waals surface area (Å²) in [5, 5.41) is 43.2. The molecule has 0 saturated heterocycles. The molecule has 8 nitrogen and oxygen atoms in total. The van der Waals surface area contributed by atoms with Crippen molar-refractivity contribution in [3.8, 4) is 0 Å². The molecule has 314 valence electrons. The van der Waals surface area contributed by atoms with Crippen LogP contribution in [0.2, 0.25) is 0 Å². The van der Waals surface area contributed by atoms with Gasteiger partial charge in [-0.2, -0.15) is 0 Å². The lowest BCUT2D eigenvalue weighted by Crippen LogP contribution is -2.61. The third-order valence-corrected chi connectivity index (χ3v) is 21.0. The molecule has 8 heteroatoms. The third kappa shape index (κ3) is 6.15. The Balaban J connectivity index is 1.00. The number of hydrogen-bond donors (Lipinski definition) is 4. The highest BCUT2D eigenvalue weighted by Gasteiger charge is 2.67. The highest BCUT2D eigenvalue weighted by atomic mass is 16.4. The first-order chi connectivity index (χ1) is 26.3. The normalized spacial score (nSPS) is 51.3. The van der Waals surface area contributed by atoms with Crippen molar-refractivity contribution in [2.75, 3.05) is 0 Å². The summed E-state index contributed by atoms with van der Waals surface area (Å²) in [4.78, 5) is 52.7. The minimum Gasteiger partial charge on any atom is -0.481 e. The second-order valence-electron chi connectivity index (χ2n) is 22.9. The molecule has 19 atom stereocenters. The zero-order valence-corrected chi connectivity index (χ0v) is 35.4. The SMILES string of the molecule is C[C@H](CCC(=O)O)[C@H]1CCC2C3C(=O)CC4C[C@](O)(C(CC(=O)O)[C@@H](C)[C@H]5CC[C@H]6[C@@H]7C(=O)CC8C[C@H](O)CC[C@]8(C)[C@H]7CC[C@]56C)CC[C@]4(C)C3CC[C@@]21C. The number of carbonyl (C=O) groups excluding carboxylic acids is 2. The number of fused-ring (bicyclic) bond motifs is 10. The van der Waals surface area contributed by atoms with Gasteiger partial charge in [-0.1, -0.05) is 41.5 Å². The number of carboxylic acids is 2. The maximum absolute atomic E-state index is 14.5. The van der Waals surface area contributed by atoms with Gasteiger partial charge in [-0.05, 0) is 177 Å². The second kappa shape index (κ2) is 14.2. The quantitative estimate of drug-likeness (QED) is 0.181. The Morgan fingerprint density at radius 2 is 1.18 bits per heavy atom. The van der Waals surface area contributed by atoms with Crippen LogP contribution in [0.25, 0.3) is 0 Å². The Kier molecular flexibility index (Phi) is 10.4. The van der Waals surface area contributed by atoms with E-state index in [1.165, 1.54) is 0 Å². The molecule has 4 N–H and O–H groups in total. The van der Waals surface area contributed by atoms with Crippen molar-refractivity contribution in [3.05, 3.63) is 0 Å². The smallest absolute Gasteiger partial charge is 0.303 e. The number of rotatable bonds is 9. The first kappa shape index (κ1) is 41.0. The lowest BCUT2D eigenvalue weighted by Gasteiger charge is -2.63. The van der Waals surface area contributed by atoms with Gasteiger partial charge in [0.15, 0.2) is 0 Å². The Morgan fingerprint density at radius 1 is 0.661 bits per heavy atom. The number of hydrogen-bond acceptors (Lipinski definition) is 6. The molecule has 8 aliphatic rings. The molecule has 56 heavy (non-hydrogen) atoms. The molecular weight excluding hydrogens is 705 g/mol. The average Bonchev–Trinajstić information content (AvgIpc) is 3.67. The Morgan fingerprint density at radius 3 is 1.77 bits per heavy atom. The number of carbonyl (C=O) groups is 4. The summed E-state index contributed by atoms with van der Waals surface area (Å²) in [5.74, 6) is 1.25. The fraction of sp³-hybridized carbons (Fsp3) is 0.917. The number of aliphatic hydroxyl groups excluding tert-OH is 1. The van der Waals surface area contributed by atoms with Gasteiger partial charge in [0.2, 0.25) is 0 Å². The standard InChI is InChI=1S/C48H74O8/c1-26(7-12-40(52)53)31-8-10-33-42-36(14-17-46(31,33)5)45(4)19-20-48(56,25-29(45)23-39(42)51)37(24-41(54)55)27(2)32-9-11-34-43-35(15-18-47(32,34)6)44(3)16-13-30(49)21-28(44)22-38(43)50/h26-37,42-43,49,56H,7-25H2,1-6H3,(H,52,53)(H,54,55)/t26-,27+,28?,29?,30-,31-,32-,33?,34+,35+,36?,37?,42?,43+,44+,45+,46-,47-,48+/m1/s1. The van der Waals surface area contributed by atoms with Crippen molar-refractivity contribution in [1.82, 2.24) is 0 Å². The van der Waals surface area contributed by atoms with E-state index in [2.05, 4.69) is 41.5 Å². The zero-order chi connectivity index (χ0) is 40.3. The summed E-state index contributed by atoms with van der Waals surface area (Å²) < 4.78 is 0. The van der Waals surface area contributed by atoms with E-state index in [0.717, 1.165) is 77.0 Å². The summed E-state index contributed by atoms with van der Waals surface area (Å²) in [6, 6.07) is 0. The van der Waals surface area contributed by atoms with Crippen LogP contribution in [0.1, 0.15) is 164 Å². The van der Waals surface area contributed by atoms with Gasteiger partial charge in [-0.15, -0.1) is 0 Å². The molecule has 8 saturated carbocycles. The summed E-state index contributed by atoms with van der Waals surface area (Å²) in [5.41, 5.74) is -1.19. The van der Waals surface area contributed by atoms with Crippen molar-refractivity contribution in [2.24, 2.45) is 98.6 Å². The molecule has 0 heterocycles. The molecule has 0 bridgehead atoms. The molecule has 0 spiro atoms. The average molecular weight is 779 g/mol. The van der Waals surface area contributed by atoms with Crippen LogP contribution >= 0.6 is 0 Å². The van der Waals surface area contributed by atoms with Gasteiger partial charge in [0, 0.05) is 37.0 Å². The number of ketones is 2. The molecule has 0 aromatic heterocycles. The van der Waals surface area contributed by atoms with E-state index >= 15 is 0 Å². The van der Waals surface area contributed by atoms with Crippen molar-refractivity contribution >= 4 is 23.5 Å². The van der Waals surface area contributed by atoms with Crippen LogP contribution < -0.4 is 0 Å². The molecular formula is C48H74O8. The van der Waals surface area contributed by atoms with E-state index in [1.54, 1.807) is 0 Å². The Labute approximate surface area is 336 Å². The number of aliphatic hydroxyl groups is 2. The molecule has 6 unspecified atom stereocenters. The molecule has 8 aliphatic carbocycles. The van der Waals surface area contributed by atoms with Crippen molar-refractivity contribution in [1.29, 1.82) is 0 Å². The molecule has 0 amide bonds. The maximum Gasteiger partial charge on any atom is 0.303 e. The predicted molar refractivity (Wildman–Crippen MR) is 213 cm³/mol. The first-order valence-corrected chi connectivity index (χ1v) is 23.2. The monoisotopic (exact) mass is 779 g/mol. The fourth-order valence-electron chi connectivity index (χ4n) is 18.0. The molecule has 8 fully saturated rings. The van der Waals surface area contributed by atoms with Gasteiger partial charge in [-0.25, -0.2) is 0 Å². The molecule has 0 aromatic rings. The number of aliphatic carboxylic acids is 2. The van der Waals surface area contributed by atoms with Gasteiger partial charge in [0.25, 0.3) is 0 Å². The maximum atomic E-state index is 14.5. The predicted octanol–water partition coefficient (Wildman–Crippen LogP) is 8.98. The highest BCUT2D eigenvalue weighted by Crippen LogP contribution is 2.71. The van der Waals surface area contributed by atoms with Crippen LogP contribution in [-0.2, 0) is 19.2 Å². The zero-order valence-electron chi connectivity index (χ0n) is 35.4. The molecule has 8 rings (SSSR count). The topological polar surface area (TPSA) is 149 Å². The minimum atomic E-state index is -1.16. The summed E-state index contributed by atoms with van der Waals surface area (Å²) in [6.45, 7) is 14.0. The van der Waals surface area contributed by atoms with E-state index in [9.17, 15) is 39.6 Å². The van der Waals surface area contributed by atoms with Gasteiger partial charge in [0.05, 0.1) is 18.1 Å². The van der Waals surface area contributed by atoms with Crippen molar-refractivity contribution in [3.63, 3.8) is 0 Å². The van der Waals surface area contributed by atoms with Crippen LogP contribution in [0.4, 0.5) is 0 Å². The van der Waals surface area contributed by atoms with Gasteiger partial charge in [-0.3, -0.25) is 19.2 Å². The largest absolute Gasteiger partial charge is 0.481 e. The van der Waals surface area contributed by atoms with Gasteiger partial charge >= 0.3 is 11.9 Å². The van der Waals surface area contributed by atoms with E-state index in [1.807, 2.05) is 0 Å². The number of Topliss-reactive ketones (excluding diaryl/α,β-unsaturated/α-hetero) is 2. The van der Waals surface area contributed by atoms with Crippen molar-refractivity contribution < 1.29 is 39.6 Å². The molecule has 0 radical (unpaired) electrons. The van der Waals surface area contributed by atoms with Crippen LogP contribution in [0, 0.1) is 98.6 Å². The van der Waals surface area contributed by atoms with Crippen LogP contribution in [-0.4, -0.2) is 55.6 Å². The van der Waals surface area contributed by atoms with Crippen LogP contribution in [0.15, 0.2) is 0 Å². The van der Waals surface area contributed by atoms with E-state index in [4.69, 9.17) is 0 Å². The minimum absolute atomic E-state index is 0.0239. The van der Waals surface area contributed by atoms with E-state index in [0.29, 0.717) is 67.3 Å². The second-order valence-corrected chi connectivity index (χ2v) is 22.9. The first-order valence-electron chi connectivity index (χ1n) is 23.2. The third-order valence-electron chi connectivity index (χ3n) is 21.0. The van der Waals surface area contributed by atoms with E-state index < -0.39 is 23.5 Å². The molecule has 0 aliphatic heterocycles. The highest BCUT2D eigenvalue weighted by molar-refractivity contribution is 5.84. The lowest BCUT2D eigenvalue weighted by atomic mass is 9.42. The van der Waals surface area contributed by atoms with Crippen molar-refractivity contribution in [2.45, 2.75) is 175 Å². The summed E-state index contributed by atoms with van der Waals surface area (Å²) >= 11 is 0. The summed E-state index contributed by atoms with van der Waals surface area (Å²) in [7, 11) is 0. The Bertz CT molecular complexity index is 1590. The Hall–Kier alpha value is -1.80. The van der Waals surface area contributed by atoms with Crippen LogP contribution in [0.5, 0.6) is 0 Å². The lowest BCUT2D eigenvalue weighted by molar-refractivity contribution is -0.186. The van der Waals surface area contributed by atoms with Gasteiger partial charge in [0.1, 0.15) is 11.6 Å². The number of carboxylic acid groups (broad SMARTS) is 2. The van der Waals surface area contributed by atoms with E-state index in [-0.39, 0.29) is 87.9 Å².